The van der Waals surface area contributed by atoms with E-state index in [9.17, 15) is 4.79 Å². The molecule has 0 spiro atoms. The third-order valence-corrected chi connectivity index (χ3v) is 5.47. The number of hydrogen-bond donors (Lipinski definition) is 1. The number of ether oxygens (including phenoxy) is 1. The molecule has 1 saturated heterocycles. The van der Waals surface area contributed by atoms with Gasteiger partial charge in [-0.3, -0.25) is 4.79 Å². The lowest BCUT2D eigenvalue weighted by Crippen LogP contribution is -2.32. The molecule has 0 saturated carbocycles. The summed E-state index contributed by atoms with van der Waals surface area (Å²) in [5, 5.41) is 2.94. The smallest absolute Gasteiger partial charge is 0.217 e. The van der Waals surface area contributed by atoms with E-state index < -0.39 is 0 Å². The Labute approximate surface area is 174 Å². The summed E-state index contributed by atoms with van der Waals surface area (Å²) in [4.78, 5) is 18.0. The largest absolute Gasteiger partial charge is 0.477 e. The third-order valence-electron chi connectivity index (χ3n) is 5.47. The first-order valence-electron chi connectivity index (χ1n) is 10.6. The second-order valence-electron chi connectivity index (χ2n) is 8.41. The molecule has 1 aliphatic heterocycles. The Morgan fingerprint density at radius 1 is 1.17 bits per heavy atom. The minimum atomic E-state index is 0.00261. The van der Waals surface area contributed by atoms with E-state index in [1.807, 2.05) is 13.1 Å². The summed E-state index contributed by atoms with van der Waals surface area (Å²) in [5.74, 6) is 1.78. The molecule has 1 fully saturated rings. The average molecular weight is 396 g/mol. The van der Waals surface area contributed by atoms with E-state index in [2.05, 4.69) is 65.4 Å². The zero-order valence-corrected chi connectivity index (χ0v) is 18.0. The second-order valence-corrected chi connectivity index (χ2v) is 8.41. The van der Waals surface area contributed by atoms with Crippen molar-refractivity contribution in [3.05, 3.63) is 53.7 Å². The van der Waals surface area contributed by atoms with Crippen molar-refractivity contribution in [3.8, 4) is 5.88 Å². The van der Waals surface area contributed by atoms with Crippen molar-refractivity contribution < 1.29 is 9.53 Å². The lowest BCUT2D eigenvalue weighted by Gasteiger charge is -2.34. The van der Waals surface area contributed by atoms with Crippen molar-refractivity contribution in [1.29, 1.82) is 0 Å². The van der Waals surface area contributed by atoms with Crippen LogP contribution in [0.3, 0.4) is 0 Å². The molecule has 0 bridgehead atoms. The standard InChI is InChI=1S/C24H33N3O2/c1-17(2)16-29-24-15-23(9-12-25-24)27-13-10-22(11-14-27)21-7-5-20(6-8-21)18(3)26-19(4)28/h5-9,12,15,17-18,22H,10-11,13-14,16H2,1-4H3,(H,26,28). The van der Waals surface area contributed by atoms with Gasteiger partial charge in [0.1, 0.15) is 0 Å². The van der Waals surface area contributed by atoms with E-state index in [-0.39, 0.29) is 11.9 Å². The molecule has 3 rings (SSSR count). The molecule has 0 radical (unpaired) electrons. The number of benzene rings is 1. The molecule has 156 valence electrons. The molecule has 1 unspecified atom stereocenters. The van der Waals surface area contributed by atoms with E-state index in [1.54, 1.807) is 6.92 Å². The predicted molar refractivity (Wildman–Crippen MR) is 117 cm³/mol. The topological polar surface area (TPSA) is 54.5 Å². The summed E-state index contributed by atoms with van der Waals surface area (Å²) in [6, 6.07) is 12.9. The van der Waals surface area contributed by atoms with Crippen molar-refractivity contribution in [2.45, 2.75) is 52.5 Å². The van der Waals surface area contributed by atoms with Crippen LogP contribution in [-0.2, 0) is 4.79 Å². The van der Waals surface area contributed by atoms with Crippen LogP contribution < -0.4 is 15.0 Å². The number of nitrogens with one attached hydrogen (secondary N) is 1. The van der Waals surface area contributed by atoms with Crippen LogP contribution in [0.15, 0.2) is 42.6 Å². The Balaban J connectivity index is 1.56. The normalized spacial score (nSPS) is 16.0. The molecule has 2 aromatic rings. The van der Waals surface area contributed by atoms with Crippen LogP contribution in [0.1, 0.15) is 63.6 Å². The minimum absolute atomic E-state index is 0.00261. The van der Waals surface area contributed by atoms with Gasteiger partial charge in [-0.15, -0.1) is 0 Å². The number of rotatable bonds is 7. The lowest BCUT2D eigenvalue weighted by molar-refractivity contribution is -0.119. The first-order valence-corrected chi connectivity index (χ1v) is 10.6. The Bertz CT molecular complexity index is 796. The molecule has 2 heterocycles. The lowest BCUT2D eigenvalue weighted by atomic mass is 9.88. The highest BCUT2D eigenvalue weighted by molar-refractivity contribution is 5.73. The van der Waals surface area contributed by atoms with Gasteiger partial charge in [-0.25, -0.2) is 4.98 Å². The zero-order chi connectivity index (χ0) is 20.8. The zero-order valence-electron chi connectivity index (χ0n) is 18.0. The molecular formula is C24H33N3O2. The van der Waals surface area contributed by atoms with E-state index in [1.165, 1.54) is 11.3 Å². The number of pyridine rings is 1. The van der Waals surface area contributed by atoms with Gasteiger partial charge in [-0.2, -0.15) is 0 Å². The number of carbonyl (C=O) groups excluding carboxylic acids is 1. The van der Waals surface area contributed by atoms with Gasteiger partial charge in [0.2, 0.25) is 11.8 Å². The maximum Gasteiger partial charge on any atom is 0.217 e. The molecule has 5 nitrogen and oxygen atoms in total. The summed E-state index contributed by atoms with van der Waals surface area (Å²) in [5.41, 5.74) is 3.72. The van der Waals surface area contributed by atoms with Gasteiger partial charge >= 0.3 is 0 Å². The molecule has 1 aromatic carbocycles. The predicted octanol–water partition coefficient (Wildman–Crippen LogP) is 4.70. The third kappa shape index (κ3) is 5.96. The fourth-order valence-corrected chi connectivity index (χ4v) is 3.84. The second kappa shape index (κ2) is 9.77. The van der Waals surface area contributed by atoms with Gasteiger partial charge in [0.05, 0.1) is 12.6 Å². The number of nitrogens with zero attached hydrogens (tertiary/aromatic N) is 2. The fraction of sp³-hybridized carbons (Fsp3) is 0.500. The quantitative estimate of drug-likeness (QED) is 0.738. The molecular weight excluding hydrogens is 362 g/mol. The molecule has 29 heavy (non-hydrogen) atoms. The molecule has 1 atom stereocenters. The average Bonchev–Trinajstić information content (AvgIpc) is 2.72. The number of aromatic nitrogens is 1. The minimum Gasteiger partial charge on any atom is -0.477 e. The Kier molecular flexibility index (Phi) is 7.13. The van der Waals surface area contributed by atoms with E-state index >= 15 is 0 Å². The maximum absolute atomic E-state index is 11.2. The Hall–Kier alpha value is -2.56. The van der Waals surface area contributed by atoms with Gasteiger partial charge in [0.15, 0.2) is 0 Å². The number of piperidine rings is 1. The summed E-state index contributed by atoms with van der Waals surface area (Å²) in [6.45, 7) is 10.6. The number of carbonyl (C=O) groups is 1. The van der Waals surface area contributed by atoms with Crippen molar-refractivity contribution in [2.75, 3.05) is 24.6 Å². The van der Waals surface area contributed by atoms with Crippen molar-refractivity contribution in [1.82, 2.24) is 10.3 Å². The summed E-state index contributed by atoms with van der Waals surface area (Å²) in [7, 11) is 0. The highest BCUT2D eigenvalue weighted by Crippen LogP contribution is 2.31. The van der Waals surface area contributed by atoms with Crippen LogP contribution >= 0.6 is 0 Å². The molecule has 1 amide bonds. The van der Waals surface area contributed by atoms with Crippen molar-refractivity contribution >= 4 is 11.6 Å². The van der Waals surface area contributed by atoms with Gasteiger partial charge in [-0.1, -0.05) is 38.1 Å². The highest BCUT2D eigenvalue weighted by Gasteiger charge is 2.21. The summed E-state index contributed by atoms with van der Waals surface area (Å²) >= 11 is 0. The van der Waals surface area contributed by atoms with Gasteiger partial charge < -0.3 is 15.0 Å². The van der Waals surface area contributed by atoms with Crippen LogP contribution in [0.4, 0.5) is 5.69 Å². The SMILES string of the molecule is CC(=O)NC(C)c1ccc(C2CCN(c3ccnc(OCC(C)C)c3)CC2)cc1. The van der Waals surface area contributed by atoms with Crippen LogP contribution in [-0.4, -0.2) is 30.6 Å². The fourth-order valence-electron chi connectivity index (χ4n) is 3.84. The summed E-state index contributed by atoms with van der Waals surface area (Å²) in [6.07, 6.45) is 4.10. The molecule has 5 heteroatoms. The van der Waals surface area contributed by atoms with Gasteiger partial charge in [-0.05, 0) is 48.8 Å². The van der Waals surface area contributed by atoms with Crippen molar-refractivity contribution in [3.63, 3.8) is 0 Å². The van der Waals surface area contributed by atoms with E-state index in [4.69, 9.17) is 4.74 Å². The van der Waals surface area contributed by atoms with E-state index in [0.717, 1.165) is 31.5 Å². The first-order chi connectivity index (χ1) is 13.9. The van der Waals surface area contributed by atoms with Crippen LogP contribution in [0, 0.1) is 5.92 Å². The number of amides is 1. The summed E-state index contributed by atoms with van der Waals surface area (Å²) < 4.78 is 5.78. The highest BCUT2D eigenvalue weighted by atomic mass is 16.5. The monoisotopic (exact) mass is 395 g/mol. The van der Waals surface area contributed by atoms with Crippen molar-refractivity contribution in [2.24, 2.45) is 5.92 Å². The molecule has 1 N–H and O–H groups in total. The number of anilines is 1. The molecule has 1 aliphatic rings. The van der Waals surface area contributed by atoms with Crippen LogP contribution in [0.5, 0.6) is 5.88 Å². The Morgan fingerprint density at radius 2 is 1.86 bits per heavy atom. The maximum atomic E-state index is 11.2. The molecule has 1 aromatic heterocycles. The first kappa shape index (κ1) is 21.2. The molecule has 0 aliphatic carbocycles. The van der Waals surface area contributed by atoms with Crippen LogP contribution in [0.25, 0.3) is 0 Å². The van der Waals surface area contributed by atoms with Crippen LogP contribution in [0.2, 0.25) is 0 Å². The van der Waals surface area contributed by atoms with Gasteiger partial charge in [0.25, 0.3) is 0 Å². The number of hydrogen-bond acceptors (Lipinski definition) is 4. The van der Waals surface area contributed by atoms with Gasteiger partial charge in [0, 0.05) is 38.0 Å². The van der Waals surface area contributed by atoms with E-state index in [0.29, 0.717) is 24.3 Å². The Morgan fingerprint density at radius 3 is 2.48 bits per heavy atom.